The van der Waals surface area contributed by atoms with E-state index < -0.39 is 24.0 Å². The molecule has 2 aromatic carbocycles. The quantitative estimate of drug-likeness (QED) is 0.176. The van der Waals surface area contributed by atoms with Gasteiger partial charge in [-0.1, -0.05) is 69.3 Å². The molecule has 0 saturated carbocycles. The number of carbonyl (C=O) groups is 3. The van der Waals surface area contributed by atoms with E-state index in [1.54, 1.807) is 18.5 Å². The SMILES string of the molecule is CCOc1ccc(/C=C/c2cnc(-c3ccc(C[C@H](NC(=O)c4ccc(C(C)(C)C)s4)C(=O)N[C@H](C)C(=O)O)cc3)nc2)cc1. The Morgan fingerprint density at radius 1 is 0.911 bits per heavy atom. The number of nitrogens with zero attached hydrogens (tertiary/aromatic N) is 2. The summed E-state index contributed by atoms with van der Waals surface area (Å²) < 4.78 is 5.48. The van der Waals surface area contributed by atoms with Crippen LogP contribution in [-0.4, -0.2) is 51.5 Å². The Labute approximate surface area is 267 Å². The molecule has 45 heavy (non-hydrogen) atoms. The third-order valence-corrected chi connectivity index (χ3v) is 8.41. The standard InChI is InChI=1S/C35H38N4O5S/c1-6-44-27-15-11-23(12-16-27)7-8-25-20-36-31(37-21-25)26-13-9-24(10-14-26)19-28(32(40)38-22(2)34(42)43)39-33(41)29-17-18-30(45-29)35(3,4)5/h7-18,20-22,28H,6,19H2,1-5H3,(H,38,40)(H,39,41)(H,42,43)/b8-7+/t22-,28+/m1/s1. The van der Waals surface area contributed by atoms with Gasteiger partial charge in [0.1, 0.15) is 17.8 Å². The van der Waals surface area contributed by atoms with Crippen LogP contribution in [0.1, 0.15) is 65.9 Å². The lowest BCUT2D eigenvalue weighted by atomic mass is 9.95. The fourth-order valence-corrected chi connectivity index (χ4v) is 5.28. The van der Waals surface area contributed by atoms with E-state index in [1.807, 2.05) is 73.7 Å². The Hall–Kier alpha value is -4.83. The molecule has 0 aliphatic heterocycles. The molecule has 0 bridgehead atoms. The number of amides is 2. The number of carbonyl (C=O) groups excluding carboxylic acids is 2. The monoisotopic (exact) mass is 626 g/mol. The van der Waals surface area contributed by atoms with Crippen LogP contribution in [0.5, 0.6) is 5.75 Å². The first-order valence-electron chi connectivity index (χ1n) is 14.7. The maximum atomic E-state index is 13.1. The van der Waals surface area contributed by atoms with Crippen molar-refractivity contribution in [2.45, 2.75) is 58.5 Å². The van der Waals surface area contributed by atoms with Crippen LogP contribution in [0, 0.1) is 0 Å². The zero-order valence-electron chi connectivity index (χ0n) is 26.0. The Morgan fingerprint density at radius 2 is 1.56 bits per heavy atom. The molecule has 3 N–H and O–H groups in total. The number of carboxylic acid groups (broad SMARTS) is 1. The van der Waals surface area contributed by atoms with E-state index >= 15 is 0 Å². The lowest BCUT2D eigenvalue weighted by Crippen LogP contribution is -2.51. The first kappa shape index (κ1) is 33.1. The molecule has 4 aromatic rings. The van der Waals surface area contributed by atoms with Gasteiger partial charge in [-0.15, -0.1) is 11.3 Å². The largest absolute Gasteiger partial charge is 0.494 e. The van der Waals surface area contributed by atoms with Crippen LogP contribution in [0.2, 0.25) is 0 Å². The average molecular weight is 627 g/mol. The maximum Gasteiger partial charge on any atom is 0.325 e. The number of aliphatic carboxylic acids is 1. The summed E-state index contributed by atoms with van der Waals surface area (Å²) in [6.45, 7) is 10.1. The molecular weight excluding hydrogens is 588 g/mol. The fraction of sp³-hybridized carbons (Fsp3) is 0.286. The van der Waals surface area contributed by atoms with Crippen LogP contribution < -0.4 is 15.4 Å². The smallest absolute Gasteiger partial charge is 0.325 e. The summed E-state index contributed by atoms with van der Waals surface area (Å²) in [5.41, 5.74) is 3.34. The highest BCUT2D eigenvalue weighted by Gasteiger charge is 2.26. The minimum absolute atomic E-state index is 0.115. The third-order valence-electron chi connectivity index (χ3n) is 6.90. The van der Waals surface area contributed by atoms with Gasteiger partial charge in [-0.2, -0.15) is 0 Å². The molecule has 2 aromatic heterocycles. The van der Waals surface area contributed by atoms with Crippen LogP contribution >= 0.6 is 11.3 Å². The molecule has 2 amide bonds. The number of nitrogens with one attached hydrogen (secondary N) is 2. The molecule has 4 rings (SSSR count). The molecular formula is C35H38N4O5S. The van der Waals surface area contributed by atoms with Crippen LogP contribution in [0.15, 0.2) is 73.1 Å². The predicted octanol–water partition coefficient (Wildman–Crippen LogP) is 6.00. The number of thiophene rings is 1. The summed E-state index contributed by atoms with van der Waals surface area (Å²) in [5.74, 6) is -0.751. The van der Waals surface area contributed by atoms with Crippen LogP contribution in [0.25, 0.3) is 23.5 Å². The van der Waals surface area contributed by atoms with Crippen molar-refractivity contribution in [3.8, 4) is 17.1 Å². The van der Waals surface area contributed by atoms with Crippen molar-refractivity contribution < 1.29 is 24.2 Å². The van der Waals surface area contributed by atoms with E-state index in [0.29, 0.717) is 17.3 Å². The summed E-state index contributed by atoms with van der Waals surface area (Å²) in [5, 5.41) is 14.6. The zero-order valence-corrected chi connectivity index (χ0v) is 26.9. The molecule has 2 heterocycles. The molecule has 0 spiro atoms. The molecule has 0 aliphatic carbocycles. The van der Waals surface area contributed by atoms with E-state index in [-0.39, 0.29) is 17.7 Å². The van der Waals surface area contributed by atoms with Crippen molar-refractivity contribution in [2.75, 3.05) is 6.61 Å². The van der Waals surface area contributed by atoms with Crippen molar-refractivity contribution >= 4 is 41.3 Å². The molecule has 0 unspecified atom stereocenters. The van der Waals surface area contributed by atoms with Crippen molar-refractivity contribution in [3.63, 3.8) is 0 Å². The highest BCUT2D eigenvalue weighted by Crippen LogP contribution is 2.29. The first-order chi connectivity index (χ1) is 21.4. The average Bonchev–Trinajstić information content (AvgIpc) is 3.53. The Bertz CT molecular complexity index is 1640. The summed E-state index contributed by atoms with van der Waals surface area (Å²) in [4.78, 5) is 48.1. The van der Waals surface area contributed by atoms with E-state index in [2.05, 4.69) is 41.4 Å². The van der Waals surface area contributed by atoms with Crippen LogP contribution in [0.4, 0.5) is 0 Å². The molecule has 0 aliphatic rings. The Kier molecular flexibility index (Phi) is 10.9. The number of benzene rings is 2. The van der Waals surface area contributed by atoms with E-state index in [4.69, 9.17) is 4.74 Å². The highest BCUT2D eigenvalue weighted by molar-refractivity contribution is 7.14. The van der Waals surface area contributed by atoms with Gasteiger partial charge < -0.3 is 20.5 Å². The van der Waals surface area contributed by atoms with Gasteiger partial charge in [0.05, 0.1) is 11.5 Å². The molecule has 9 nitrogen and oxygen atoms in total. The Balaban J connectivity index is 1.44. The second kappa shape index (κ2) is 14.8. The normalized spacial score (nSPS) is 12.8. The lowest BCUT2D eigenvalue weighted by Gasteiger charge is -2.20. The number of hydrogen-bond acceptors (Lipinski definition) is 7. The lowest BCUT2D eigenvalue weighted by molar-refractivity contribution is -0.141. The third kappa shape index (κ3) is 9.33. The van der Waals surface area contributed by atoms with Crippen LogP contribution in [-0.2, 0) is 21.4 Å². The molecule has 10 heteroatoms. The summed E-state index contributed by atoms with van der Waals surface area (Å²) >= 11 is 1.37. The maximum absolute atomic E-state index is 13.1. The van der Waals surface area contributed by atoms with Gasteiger partial charge >= 0.3 is 5.97 Å². The van der Waals surface area contributed by atoms with Crippen molar-refractivity contribution in [1.29, 1.82) is 0 Å². The summed E-state index contributed by atoms with van der Waals surface area (Å²) in [7, 11) is 0. The minimum Gasteiger partial charge on any atom is -0.494 e. The van der Waals surface area contributed by atoms with E-state index in [9.17, 15) is 19.5 Å². The topological polar surface area (TPSA) is 131 Å². The second-order valence-electron chi connectivity index (χ2n) is 11.6. The number of rotatable bonds is 12. The van der Waals surface area contributed by atoms with Crippen molar-refractivity contribution in [1.82, 2.24) is 20.6 Å². The number of aromatic nitrogens is 2. The van der Waals surface area contributed by atoms with Gasteiger partial charge in [-0.3, -0.25) is 14.4 Å². The molecule has 0 saturated heterocycles. The van der Waals surface area contributed by atoms with Crippen molar-refractivity contribution in [2.24, 2.45) is 0 Å². The number of ether oxygens (including phenoxy) is 1. The molecule has 0 radical (unpaired) electrons. The molecule has 234 valence electrons. The fourth-order valence-electron chi connectivity index (χ4n) is 4.31. The van der Waals surface area contributed by atoms with Gasteiger partial charge in [0.25, 0.3) is 5.91 Å². The zero-order chi connectivity index (χ0) is 32.6. The van der Waals surface area contributed by atoms with E-state index in [1.165, 1.54) is 18.3 Å². The van der Waals surface area contributed by atoms with Gasteiger partial charge in [0.15, 0.2) is 5.82 Å². The van der Waals surface area contributed by atoms with Gasteiger partial charge in [0, 0.05) is 34.8 Å². The van der Waals surface area contributed by atoms with Crippen LogP contribution in [0.3, 0.4) is 0 Å². The highest BCUT2D eigenvalue weighted by atomic mass is 32.1. The van der Waals surface area contributed by atoms with Gasteiger partial charge in [0.2, 0.25) is 5.91 Å². The molecule has 2 atom stereocenters. The van der Waals surface area contributed by atoms with E-state index in [0.717, 1.165) is 32.9 Å². The summed E-state index contributed by atoms with van der Waals surface area (Å²) in [6.07, 6.45) is 7.57. The second-order valence-corrected chi connectivity index (χ2v) is 12.7. The first-order valence-corrected chi connectivity index (χ1v) is 15.5. The van der Waals surface area contributed by atoms with Gasteiger partial charge in [-0.25, -0.2) is 9.97 Å². The van der Waals surface area contributed by atoms with Crippen molar-refractivity contribution in [3.05, 3.63) is 99.5 Å². The summed E-state index contributed by atoms with van der Waals surface area (Å²) in [6, 6.07) is 16.8. The molecule has 0 fully saturated rings. The minimum atomic E-state index is -1.16. The van der Waals surface area contributed by atoms with Gasteiger partial charge in [-0.05, 0) is 54.7 Å². The number of hydrogen-bond donors (Lipinski definition) is 3. The predicted molar refractivity (Wildman–Crippen MR) is 177 cm³/mol. The number of carboxylic acids is 1. The Morgan fingerprint density at radius 3 is 2.13 bits per heavy atom.